The minimum absolute atomic E-state index is 0.0248. The molecule has 6 nitrogen and oxygen atoms in total. The van der Waals surface area contributed by atoms with Crippen LogP contribution in [-0.2, 0) is 9.59 Å². The van der Waals surface area contributed by atoms with E-state index in [2.05, 4.69) is 0 Å². The fourth-order valence-electron chi connectivity index (χ4n) is 4.16. The highest BCUT2D eigenvalue weighted by molar-refractivity contribution is 6.14. The Morgan fingerprint density at radius 2 is 1.58 bits per heavy atom. The molecule has 1 aliphatic heterocycles. The molecule has 1 heterocycles. The fraction of sp³-hybridized carbons (Fsp3) is 0.259. The van der Waals surface area contributed by atoms with Crippen molar-refractivity contribution in [1.82, 2.24) is 0 Å². The van der Waals surface area contributed by atoms with Gasteiger partial charge in [-0.3, -0.25) is 14.5 Å². The maximum atomic E-state index is 13.9. The third-order valence-corrected chi connectivity index (χ3v) is 6.04. The van der Waals surface area contributed by atoms with Gasteiger partial charge in [-0.25, -0.2) is 0 Å². The van der Waals surface area contributed by atoms with Crippen LogP contribution in [0.15, 0.2) is 66.7 Å². The smallest absolute Gasteiger partial charge is 0.255 e. The molecule has 3 aromatic carbocycles. The van der Waals surface area contributed by atoms with Gasteiger partial charge in [-0.2, -0.15) is 0 Å². The summed E-state index contributed by atoms with van der Waals surface area (Å²) in [6.07, 6.45) is 0. The summed E-state index contributed by atoms with van der Waals surface area (Å²) < 4.78 is 10.8. The van der Waals surface area contributed by atoms with Crippen LogP contribution in [0.25, 0.3) is 0 Å². The number of methoxy groups -OCH3 is 1. The molecule has 1 saturated heterocycles. The third kappa shape index (κ3) is 4.29. The Hall–Kier alpha value is -3.80. The van der Waals surface area contributed by atoms with Gasteiger partial charge in [0.05, 0.1) is 13.7 Å². The highest BCUT2D eigenvalue weighted by Crippen LogP contribution is 2.37. The number of amides is 2. The van der Waals surface area contributed by atoms with E-state index in [9.17, 15) is 9.59 Å². The molecule has 4 rings (SSSR count). The molecule has 3 aromatic rings. The normalized spacial score (nSPS) is 16.2. The summed E-state index contributed by atoms with van der Waals surface area (Å²) >= 11 is 0. The first-order valence-corrected chi connectivity index (χ1v) is 11.0. The number of ether oxygens (including phenoxy) is 2. The number of carbonyl (C=O) groups is 2. The minimum atomic E-state index is -0.796. The quantitative estimate of drug-likeness (QED) is 0.546. The number of benzene rings is 3. The van der Waals surface area contributed by atoms with Crippen LogP contribution < -0.4 is 19.3 Å². The average molecular weight is 445 g/mol. The van der Waals surface area contributed by atoms with Crippen molar-refractivity contribution in [3.63, 3.8) is 0 Å². The molecule has 0 unspecified atom stereocenters. The van der Waals surface area contributed by atoms with E-state index in [4.69, 9.17) is 9.47 Å². The molecule has 0 aromatic heterocycles. The summed E-state index contributed by atoms with van der Waals surface area (Å²) in [5.41, 5.74) is 4.19. The number of aryl methyl sites for hydroxylation is 1. The Bertz CT molecular complexity index is 1160. The van der Waals surface area contributed by atoms with Crippen LogP contribution in [0.4, 0.5) is 11.4 Å². The van der Waals surface area contributed by atoms with Crippen molar-refractivity contribution in [2.75, 3.05) is 30.1 Å². The molecule has 1 fully saturated rings. The molecule has 0 aliphatic carbocycles. The number of anilines is 2. The molecular weight excluding hydrogens is 416 g/mol. The Morgan fingerprint density at radius 1 is 0.909 bits per heavy atom. The van der Waals surface area contributed by atoms with Crippen LogP contribution in [0, 0.1) is 13.8 Å². The molecule has 6 heteroatoms. The Labute approximate surface area is 194 Å². The molecular formula is C27H28N2O4. The second-order valence-electron chi connectivity index (χ2n) is 8.01. The molecule has 0 radical (unpaired) electrons. The van der Waals surface area contributed by atoms with Crippen molar-refractivity contribution in [2.45, 2.75) is 26.8 Å². The summed E-state index contributed by atoms with van der Waals surface area (Å²) in [4.78, 5) is 30.6. The van der Waals surface area contributed by atoms with Gasteiger partial charge in [-0.15, -0.1) is 0 Å². The largest absolute Gasteiger partial charge is 0.497 e. The van der Waals surface area contributed by atoms with Gasteiger partial charge in [0.25, 0.3) is 5.91 Å². The van der Waals surface area contributed by atoms with Gasteiger partial charge < -0.3 is 14.4 Å². The van der Waals surface area contributed by atoms with Crippen molar-refractivity contribution >= 4 is 23.2 Å². The van der Waals surface area contributed by atoms with Gasteiger partial charge in [0.1, 0.15) is 24.1 Å². The van der Waals surface area contributed by atoms with E-state index in [0.29, 0.717) is 18.0 Å². The van der Waals surface area contributed by atoms with Crippen molar-refractivity contribution in [1.29, 1.82) is 0 Å². The van der Waals surface area contributed by atoms with Gasteiger partial charge in [-0.1, -0.05) is 24.3 Å². The van der Waals surface area contributed by atoms with Crippen molar-refractivity contribution < 1.29 is 19.1 Å². The van der Waals surface area contributed by atoms with Gasteiger partial charge in [0.2, 0.25) is 5.91 Å². The predicted octanol–water partition coefficient (Wildman–Crippen LogP) is 4.83. The molecule has 0 bridgehead atoms. The lowest BCUT2D eigenvalue weighted by atomic mass is 9.98. The molecule has 170 valence electrons. The number of hydrogen-bond acceptors (Lipinski definition) is 4. The van der Waals surface area contributed by atoms with Gasteiger partial charge in [-0.05, 0) is 79.9 Å². The summed E-state index contributed by atoms with van der Waals surface area (Å²) in [5, 5.41) is 0. The lowest BCUT2D eigenvalue weighted by Crippen LogP contribution is -2.56. The molecule has 0 N–H and O–H groups in total. The standard InChI is InChI=1S/C27H28N2O4/c1-5-33-23-15-11-21(12-16-23)29-25(30)17-28(24-8-6-7-18(2)19(24)3)27(31)26(29)20-9-13-22(32-4)14-10-20/h6-16,26H,5,17H2,1-4H3/t26-/m1/s1. The second kappa shape index (κ2) is 9.36. The van der Waals surface area contributed by atoms with Crippen LogP contribution in [0.5, 0.6) is 11.5 Å². The van der Waals surface area contributed by atoms with Crippen molar-refractivity contribution in [2.24, 2.45) is 0 Å². The lowest BCUT2D eigenvalue weighted by molar-refractivity contribution is -0.128. The first kappa shape index (κ1) is 22.4. The zero-order chi connectivity index (χ0) is 23.5. The topological polar surface area (TPSA) is 59.1 Å². The van der Waals surface area contributed by atoms with Crippen LogP contribution in [0.2, 0.25) is 0 Å². The molecule has 1 atom stereocenters. The monoisotopic (exact) mass is 444 g/mol. The highest BCUT2D eigenvalue weighted by Gasteiger charge is 2.42. The number of hydrogen-bond donors (Lipinski definition) is 0. The average Bonchev–Trinajstić information content (AvgIpc) is 2.83. The maximum Gasteiger partial charge on any atom is 0.255 e. The van der Waals surface area contributed by atoms with E-state index >= 15 is 0 Å². The van der Waals surface area contributed by atoms with Crippen molar-refractivity contribution in [3.05, 3.63) is 83.4 Å². The first-order valence-electron chi connectivity index (χ1n) is 11.0. The Balaban J connectivity index is 1.79. The Morgan fingerprint density at radius 3 is 2.21 bits per heavy atom. The zero-order valence-corrected chi connectivity index (χ0v) is 19.4. The number of piperazine rings is 1. The summed E-state index contributed by atoms with van der Waals surface area (Å²) in [5.74, 6) is 1.10. The van der Waals surface area contributed by atoms with Crippen LogP contribution >= 0.6 is 0 Å². The van der Waals surface area contributed by atoms with E-state index < -0.39 is 6.04 Å². The zero-order valence-electron chi connectivity index (χ0n) is 19.4. The van der Waals surface area contributed by atoms with E-state index in [1.807, 2.05) is 75.4 Å². The molecule has 33 heavy (non-hydrogen) atoms. The van der Waals surface area contributed by atoms with Gasteiger partial charge in [0.15, 0.2) is 0 Å². The summed E-state index contributed by atoms with van der Waals surface area (Å²) in [7, 11) is 1.60. The van der Waals surface area contributed by atoms with E-state index in [0.717, 1.165) is 28.1 Å². The molecule has 1 aliphatic rings. The number of carbonyl (C=O) groups excluding carboxylic acids is 2. The predicted molar refractivity (Wildman–Crippen MR) is 129 cm³/mol. The second-order valence-corrected chi connectivity index (χ2v) is 8.01. The first-order chi connectivity index (χ1) is 15.9. The van der Waals surface area contributed by atoms with Gasteiger partial charge in [0, 0.05) is 11.4 Å². The van der Waals surface area contributed by atoms with Crippen LogP contribution in [0.3, 0.4) is 0 Å². The van der Waals surface area contributed by atoms with Crippen LogP contribution in [-0.4, -0.2) is 32.1 Å². The van der Waals surface area contributed by atoms with Crippen molar-refractivity contribution in [3.8, 4) is 11.5 Å². The van der Waals surface area contributed by atoms with Gasteiger partial charge >= 0.3 is 0 Å². The third-order valence-electron chi connectivity index (χ3n) is 6.04. The molecule has 0 spiro atoms. The van der Waals surface area contributed by atoms with Crippen LogP contribution in [0.1, 0.15) is 29.7 Å². The lowest BCUT2D eigenvalue weighted by Gasteiger charge is -2.41. The van der Waals surface area contributed by atoms with E-state index in [-0.39, 0.29) is 18.4 Å². The number of rotatable bonds is 6. The van der Waals surface area contributed by atoms with E-state index in [1.54, 1.807) is 29.0 Å². The SMILES string of the molecule is CCOc1ccc(N2C(=O)CN(c3cccc(C)c3C)C(=O)[C@H]2c2ccc(OC)cc2)cc1. The Kier molecular flexibility index (Phi) is 6.36. The fourth-order valence-corrected chi connectivity index (χ4v) is 4.16. The highest BCUT2D eigenvalue weighted by atomic mass is 16.5. The molecule has 2 amide bonds. The minimum Gasteiger partial charge on any atom is -0.497 e. The van der Waals surface area contributed by atoms with E-state index in [1.165, 1.54) is 0 Å². The molecule has 0 saturated carbocycles. The number of nitrogens with zero attached hydrogens (tertiary/aromatic N) is 2. The maximum absolute atomic E-state index is 13.9. The summed E-state index contributed by atoms with van der Waals surface area (Å²) in [6.45, 7) is 6.43. The summed E-state index contributed by atoms with van der Waals surface area (Å²) in [6, 6.07) is 19.6.